The molecule has 0 radical (unpaired) electrons. The zero-order valence-corrected chi connectivity index (χ0v) is 14.0. The predicted octanol–water partition coefficient (Wildman–Crippen LogP) is 4.49. The number of hydrogen-bond donors (Lipinski definition) is 1. The summed E-state index contributed by atoms with van der Waals surface area (Å²) >= 11 is 6.38. The average Bonchev–Trinajstić information content (AvgIpc) is 3.05. The summed E-state index contributed by atoms with van der Waals surface area (Å²) in [5.41, 5.74) is 2.84. The molecule has 6 heteroatoms. The molecule has 0 aromatic carbocycles. The van der Waals surface area contributed by atoms with Gasteiger partial charge in [-0.05, 0) is 59.3 Å². The van der Waals surface area contributed by atoms with E-state index in [0.29, 0.717) is 15.4 Å². The van der Waals surface area contributed by atoms with Crippen LogP contribution in [0.4, 0.5) is 5.00 Å². The predicted molar refractivity (Wildman–Crippen MR) is 85.8 cm³/mol. The summed E-state index contributed by atoms with van der Waals surface area (Å²) in [5.74, 6) is -0.139. The quantitative estimate of drug-likeness (QED) is 0.850. The summed E-state index contributed by atoms with van der Waals surface area (Å²) in [5, 5.41) is 12.9. The summed E-state index contributed by atoms with van der Waals surface area (Å²) < 4.78 is 0.969. The summed E-state index contributed by atoms with van der Waals surface area (Å²) in [6, 6.07) is 4.10. The van der Waals surface area contributed by atoms with Gasteiger partial charge in [0.15, 0.2) is 0 Å². The molecule has 1 N–H and O–H groups in total. The maximum Gasteiger partial charge on any atom is 0.266 e. The summed E-state index contributed by atoms with van der Waals surface area (Å²) in [7, 11) is 0. The number of aryl methyl sites for hydroxylation is 2. The normalized spacial score (nSPS) is 13.1. The highest BCUT2D eigenvalue weighted by Gasteiger charge is 2.23. The van der Waals surface area contributed by atoms with Gasteiger partial charge in [-0.2, -0.15) is 5.26 Å². The lowest BCUT2D eigenvalue weighted by atomic mass is 10.1. The Kier molecular flexibility index (Phi) is 3.67. The molecule has 102 valence electrons. The van der Waals surface area contributed by atoms with Crippen molar-refractivity contribution in [3.05, 3.63) is 36.3 Å². The van der Waals surface area contributed by atoms with E-state index in [1.165, 1.54) is 16.2 Å². The minimum atomic E-state index is -0.139. The van der Waals surface area contributed by atoms with Crippen molar-refractivity contribution in [2.75, 3.05) is 5.32 Å². The molecule has 2 aromatic heterocycles. The van der Waals surface area contributed by atoms with Crippen LogP contribution in [0.5, 0.6) is 0 Å². The summed E-state index contributed by atoms with van der Waals surface area (Å²) in [4.78, 5) is 14.2. The van der Waals surface area contributed by atoms with Crippen molar-refractivity contribution in [2.24, 2.45) is 0 Å². The Morgan fingerprint density at radius 3 is 2.90 bits per heavy atom. The lowest BCUT2D eigenvalue weighted by Crippen LogP contribution is -2.10. The minimum absolute atomic E-state index is 0.139. The molecule has 1 aliphatic carbocycles. The van der Waals surface area contributed by atoms with Crippen LogP contribution in [0.1, 0.15) is 37.7 Å². The van der Waals surface area contributed by atoms with Crippen LogP contribution in [0.15, 0.2) is 9.85 Å². The van der Waals surface area contributed by atoms with Crippen molar-refractivity contribution < 1.29 is 4.79 Å². The van der Waals surface area contributed by atoms with Crippen molar-refractivity contribution in [3.8, 4) is 6.07 Å². The molecule has 0 aliphatic heterocycles. The van der Waals surface area contributed by atoms with Crippen LogP contribution in [-0.4, -0.2) is 5.91 Å². The van der Waals surface area contributed by atoms with Crippen LogP contribution in [-0.2, 0) is 12.8 Å². The Morgan fingerprint density at radius 2 is 2.25 bits per heavy atom. The first kappa shape index (κ1) is 13.8. The fraction of sp³-hybridized carbons (Fsp3) is 0.286. The Balaban J connectivity index is 1.89. The van der Waals surface area contributed by atoms with Crippen molar-refractivity contribution in [1.29, 1.82) is 5.26 Å². The zero-order valence-electron chi connectivity index (χ0n) is 10.7. The fourth-order valence-electron chi connectivity index (χ4n) is 2.35. The van der Waals surface area contributed by atoms with E-state index in [2.05, 4.69) is 27.3 Å². The van der Waals surface area contributed by atoms with E-state index in [9.17, 15) is 10.1 Å². The van der Waals surface area contributed by atoms with E-state index in [1.807, 2.05) is 13.0 Å². The van der Waals surface area contributed by atoms with Gasteiger partial charge in [-0.3, -0.25) is 4.79 Å². The van der Waals surface area contributed by atoms with Crippen molar-refractivity contribution in [1.82, 2.24) is 0 Å². The molecule has 20 heavy (non-hydrogen) atoms. The van der Waals surface area contributed by atoms with Gasteiger partial charge in [-0.15, -0.1) is 22.7 Å². The largest absolute Gasteiger partial charge is 0.312 e. The van der Waals surface area contributed by atoms with Gasteiger partial charge in [0.05, 0.1) is 14.2 Å². The topological polar surface area (TPSA) is 52.9 Å². The first-order chi connectivity index (χ1) is 9.60. The van der Waals surface area contributed by atoms with Gasteiger partial charge in [0.25, 0.3) is 5.91 Å². The van der Waals surface area contributed by atoms with Gasteiger partial charge in [0.2, 0.25) is 0 Å². The molecule has 0 saturated carbocycles. The number of thiophene rings is 2. The molecule has 0 bridgehead atoms. The number of halogens is 1. The maximum absolute atomic E-state index is 12.3. The molecule has 0 spiro atoms. The minimum Gasteiger partial charge on any atom is -0.312 e. The summed E-state index contributed by atoms with van der Waals surface area (Å²) in [6.07, 6.45) is 3.09. The first-order valence-electron chi connectivity index (χ1n) is 6.22. The Morgan fingerprint density at radius 1 is 1.45 bits per heavy atom. The van der Waals surface area contributed by atoms with Gasteiger partial charge in [-0.1, -0.05) is 0 Å². The van der Waals surface area contributed by atoms with Gasteiger partial charge >= 0.3 is 0 Å². The van der Waals surface area contributed by atoms with Crippen LogP contribution in [0, 0.1) is 18.3 Å². The van der Waals surface area contributed by atoms with E-state index >= 15 is 0 Å². The maximum atomic E-state index is 12.3. The Bertz CT molecular complexity index is 720. The van der Waals surface area contributed by atoms with E-state index < -0.39 is 0 Å². The lowest BCUT2D eigenvalue weighted by molar-refractivity contribution is 0.103. The number of nitrogens with one attached hydrogen (secondary N) is 1. The van der Waals surface area contributed by atoms with Gasteiger partial charge in [0, 0.05) is 4.88 Å². The molecule has 0 fully saturated rings. The highest BCUT2D eigenvalue weighted by Crippen LogP contribution is 2.39. The molecule has 0 unspecified atom stereocenters. The molecule has 3 rings (SSSR count). The van der Waals surface area contributed by atoms with Crippen LogP contribution >= 0.6 is 38.6 Å². The number of hydrogen-bond acceptors (Lipinski definition) is 4. The van der Waals surface area contributed by atoms with E-state index in [0.717, 1.165) is 34.2 Å². The monoisotopic (exact) mass is 366 g/mol. The molecule has 2 heterocycles. The van der Waals surface area contributed by atoms with Crippen molar-refractivity contribution in [3.63, 3.8) is 0 Å². The van der Waals surface area contributed by atoms with E-state index in [4.69, 9.17) is 0 Å². The van der Waals surface area contributed by atoms with Crippen LogP contribution < -0.4 is 5.32 Å². The SMILES string of the molecule is Cc1cc(C(=O)Nc2sc3c(c2C#N)CCC3)sc1Br. The number of fused-ring (bicyclic) bond motifs is 1. The third-order valence-corrected chi connectivity index (χ3v) is 6.68. The molecule has 0 saturated heterocycles. The number of nitrogens with zero attached hydrogens (tertiary/aromatic N) is 1. The number of rotatable bonds is 2. The zero-order chi connectivity index (χ0) is 14.3. The third-order valence-electron chi connectivity index (χ3n) is 3.34. The average molecular weight is 367 g/mol. The van der Waals surface area contributed by atoms with Crippen LogP contribution in [0.25, 0.3) is 0 Å². The standard InChI is InChI=1S/C14H11BrN2OS2/c1-7-5-11(19-12(7)15)13(18)17-14-9(6-16)8-3-2-4-10(8)20-14/h5H,2-4H2,1H3,(H,17,18). The van der Waals surface area contributed by atoms with E-state index in [1.54, 1.807) is 11.3 Å². The molecule has 3 nitrogen and oxygen atoms in total. The van der Waals surface area contributed by atoms with Crippen LogP contribution in [0.2, 0.25) is 0 Å². The number of carbonyl (C=O) groups excluding carboxylic acids is 1. The van der Waals surface area contributed by atoms with E-state index in [-0.39, 0.29) is 5.91 Å². The molecule has 1 amide bonds. The van der Waals surface area contributed by atoms with Gasteiger partial charge < -0.3 is 5.32 Å². The summed E-state index contributed by atoms with van der Waals surface area (Å²) in [6.45, 7) is 1.96. The van der Waals surface area contributed by atoms with Crippen LogP contribution in [0.3, 0.4) is 0 Å². The Hall–Kier alpha value is -1.16. The highest BCUT2D eigenvalue weighted by atomic mass is 79.9. The molecule has 2 aromatic rings. The van der Waals surface area contributed by atoms with Crippen molar-refractivity contribution in [2.45, 2.75) is 26.2 Å². The van der Waals surface area contributed by atoms with Crippen molar-refractivity contribution >= 4 is 49.5 Å². The number of amides is 1. The van der Waals surface area contributed by atoms with Gasteiger partial charge in [-0.25, -0.2) is 0 Å². The number of anilines is 1. The molecule has 1 aliphatic rings. The lowest BCUT2D eigenvalue weighted by Gasteiger charge is -2.01. The number of carbonyl (C=O) groups is 1. The molecular formula is C14H11BrN2OS2. The Labute approximate surface area is 133 Å². The molecule has 0 atom stereocenters. The second-order valence-electron chi connectivity index (χ2n) is 4.69. The second kappa shape index (κ2) is 5.32. The number of nitriles is 1. The smallest absolute Gasteiger partial charge is 0.266 e. The third kappa shape index (κ3) is 2.30. The highest BCUT2D eigenvalue weighted by molar-refractivity contribution is 9.11. The molecular weight excluding hydrogens is 356 g/mol. The first-order valence-corrected chi connectivity index (χ1v) is 8.64. The second-order valence-corrected chi connectivity index (χ2v) is 8.17. The fourth-order valence-corrected chi connectivity index (χ4v) is 5.01. The van der Waals surface area contributed by atoms with Gasteiger partial charge in [0.1, 0.15) is 11.1 Å².